The Morgan fingerprint density at radius 2 is 2.08 bits per heavy atom. The van der Waals surface area contributed by atoms with Gasteiger partial charge in [-0.15, -0.1) is 0 Å². The van der Waals surface area contributed by atoms with Crippen molar-refractivity contribution in [3.8, 4) is 0 Å². The second kappa shape index (κ2) is 3.66. The Hall–Kier alpha value is -1.23. The quantitative estimate of drug-likeness (QED) is 0.805. The van der Waals surface area contributed by atoms with Gasteiger partial charge in [0.2, 0.25) is 0 Å². The highest BCUT2D eigenvalue weighted by molar-refractivity contribution is 9.12. The molecule has 5 heteroatoms. The van der Waals surface area contributed by atoms with Crippen LogP contribution in [0.3, 0.4) is 0 Å². The van der Waals surface area contributed by atoms with Gasteiger partial charge in [-0.05, 0) is 15.9 Å². The maximum atomic E-state index is 4.25. The van der Waals surface area contributed by atoms with Crippen molar-refractivity contribution in [2.24, 2.45) is 4.99 Å². The van der Waals surface area contributed by atoms with Gasteiger partial charge in [-0.3, -0.25) is 4.99 Å². The van der Waals surface area contributed by atoms with Gasteiger partial charge < -0.3 is 5.32 Å². The van der Waals surface area contributed by atoms with Crippen LogP contribution in [0.1, 0.15) is 11.7 Å². The highest BCUT2D eigenvalue weighted by Crippen LogP contribution is 2.16. The first-order valence-electron chi connectivity index (χ1n) is 3.76. The second-order valence-electron chi connectivity index (χ2n) is 2.55. The lowest BCUT2D eigenvalue weighted by Crippen LogP contribution is -2.17. The summed E-state index contributed by atoms with van der Waals surface area (Å²) in [4.78, 5) is 12.1. The Morgan fingerprint density at radius 3 is 2.69 bits per heavy atom. The van der Waals surface area contributed by atoms with Gasteiger partial charge in [0.25, 0.3) is 0 Å². The number of nitrogens with one attached hydrogen (secondary N) is 1. The predicted octanol–water partition coefficient (Wildman–Crippen LogP) is 1.39. The summed E-state index contributed by atoms with van der Waals surface area (Å²) < 4.78 is 0.931. The molecule has 0 spiro atoms. The van der Waals surface area contributed by atoms with Crippen molar-refractivity contribution < 1.29 is 0 Å². The van der Waals surface area contributed by atoms with E-state index in [1.165, 1.54) is 6.33 Å². The third-order valence-electron chi connectivity index (χ3n) is 1.62. The van der Waals surface area contributed by atoms with Crippen molar-refractivity contribution in [3.05, 3.63) is 35.0 Å². The molecule has 0 aromatic carbocycles. The van der Waals surface area contributed by atoms with Crippen LogP contribution in [0.15, 0.2) is 34.4 Å². The maximum Gasteiger partial charge on any atom is 0.147 e. The second-order valence-corrected chi connectivity index (χ2v) is 3.46. The van der Waals surface area contributed by atoms with Gasteiger partial charge in [0.05, 0.1) is 4.48 Å². The summed E-state index contributed by atoms with van der Waals surface area (Å²) in [6.45, 7) is 0. The number of allylic oxidation sites excluding steroid dienone is 1. The lowest BCUT2D eigenvalue weighted by molar-refractivity contribution is 0.646. The molecule has 0 radical (unpaired) electrons. The summed E-state index contributed by atoms with van der Waals surface area (Å²) in [6.07, 6.45) is 8.53. The number of hydrogen-bond donors (Lipinski definition) is 1. The SMILES string of the molecule is BrC1=CNC(c2cncnc2)N=C1. The Labute approximate surface area is 83.9 Å². The molecule has 1 unspecified atom stereocenters. The molecule has 0 bridgehead atoms. The lowest BCUT2D eigenvalue weighted by atomic mass is 10.2. The molecule has 0 saturated carbocycles. The van der Waals surface area contributed by atoms with E-state index >= 15 is 0 Å². The van der Waals surface area contributed by atoms with E-state index in [1.54, 1.807) is 18.6 Å². The smallest absolute Gasteiger partial charge is 0.147 e. The summed E-state index contributed by atoms with van der Waals surface area (Å²) in [7, 11) is 0. The van der Waals surface area contributed by atoms with Gasteiger partial charge in [0.1, 0.15) is 12.5 Å². The fourth-order valence-electron chi connectivity index (χ4n) is 1.02. The summed E-state index contributed by atoms with van der Waals surface area (Å²) >= 11 is 3.31. The molecule has 0 saturated heterocycles. The predicted molar refractivity (Wildman–Crippen MR) is 53.4 cm³/mol. The molecule has 1 atom stereocenters. The normalized spacial score (nSPS) is 20.7. The summed E-state index contributed by atoms with van der Waals surface area (Å²) in [6, 6.07) is 0. The van der Waals surface area contributed by atoms with Crippen molar-refractivity contribution in [2.45, 2.75) is 6.17 Å². The van der Waals surface area contributed by atoms with E-state index < -0.39 is 0 Å². The average Bonchev–Trinajstić information content (AvgIpc) is 2.20. The Balaban J connectivity index is 2.18. The Kier molecular flexibility index (Phi) is 2.35. The Bertz CT molecular complexity index is 346. The zero-order chi connectivity index (χ0) is 9.10. The van der Waals surface area contributed by atoms with Crippen LogP contribution in [0.5, 0.6) is 0 Å². The van der Waals surface area contributed by atoms with E-state index in [-0.39, 0.29) is 6.17 Å². The van der Waals surface area contributed by atoms with Crippen molar-refractivity contribution in [2.75, 3.05) is 0 Å². The first kappa shape index (κ1) is 8.37. The van der Waals surface area contributed by atoms with Crippen LogP contribution in [0.4, 0.5) is 0 Å². The number of aromatic nitrogens is 2. The average molecular weight is 239 g/mol. The number of rotatable bonds is 1. The van der Waals surface area contributed by atoms with Crippen molar-refractivity contribution in [1.82, 2.24) is 15.3 Å². The minimum atomic E-state index is -0.0671. The van der Waals surface area contributed by atoms with Crippen LogP contribution < -0.4 is 5.32 Å². The molecule has 1 aromatic heterocycles. The first-order valence-corrected chi connectivity index (χ1v) is 4.55. The van der Waals surface area contributed by atoms with Gasteiger partial charge in [-0.25, -0.2) is 9.97 Å². The van der Waals surface area contributed by atoms with Crippen molar-refractivity contribution in [3.63, 3.8) is 0 Å². The topological polar surface area (TPSA) is 50.2 Å². The monoisotopic (exact) mass is 238 g/mol. The minimum Gasteiger partial charge on any atom is -0.365 e. The van der Waals surface area contributed by atoms with E-state index in [1.807, 2.05) is 6.20 Å². The van der Waals surface area contributed by atoms with Crippen LogP contribution in [-0.2, 0) is 0 Å². The molecule has 1 N–H and O–H groups in total. The highest BCUT2D eigenvalue weighted by atomic mass is 79.9. The van der Waals surface area contributed by atoms with E-state index in [4.69, 9.17) is 0 Å². The molecule has 1 aliphatic rings. The van der Waals surface area contributed by atoms with Gasteiger partial charge >= 0.3 is 0 Å². The van der Waals surface area contributed by atoms with Crippen LogP contribution >= 0.6 is 15.9 Å². The molecule has 0 aliphatic carbocycles. The van der Waals surface area contributed by atoms with Crippen LogP contribution in [0.25, 0.3) is 0 Å². The number of hydrogen-bond acceptors (Lipinski definition) is 4. The number of nitrogens with zero attached hydrogens (tertiary/aromatic N) is 3. The molecule has 0 amide bonds. The third kappa shape index (κ3) is 1.92. The van der Waals surface area contributed by atoms with Gasteiger partial charge in [0.15, 0.2) is 0 Å². The largest absolute Gasteiger partial charge is 0.365 e. The lowest BCUT2D eigenvalue weighted by Gasteiger charge is -2.15. The summed E-state index contributed by atoms with van der Waals surface area (Å²) in [5, 5.41) is 3.10. The van der Waals surface area contributed by atoms with E-state index in [9.17, 15) is 0 Å². The van der Waals surface area contributed by atoms with Crippen LogP contribution in [0.2, 0.25) is 0 Å². The molecular formula is C8H7BrN4. The molecule has 2 heterocycles. The van der Waals surface area contributed by atoms with Crippen molar-refractivity contribution in [1.29, 1.82) is 0 Å². The fourth-order valence-corrected chi connectivity index (χ4v) is 1.27. The minimum absolute atomic E-state index is 0.0671. The molecule has 0 fully saturated rings. The molecular weight excluding hydrogens is 232 g/mol. The van der Waals surface area contributed by atoms with Crippen molar-refractivity contribution >= 4 is 22.1 Å². The number of halogens is 1. The van der Waals surface area contributed by atoms with E-state index in [2.05, 4.69) is 36.2 Å². The summed E-state index contributed by atoms with van der Waals surface area (Å²) in [5.74, 6) is 0. The molecule has 1 aromatic rings. The van der Waals surface area contributed by atoms with Crippen LogP contribution in [0, 0.1) is 0 Å². The third-order valence-corrected chi connectivity index (χ3v) is 2.06. The fraction of sp³-hybridized carbons (Fsp3) is 0.125. The zero-order valence-corrected chi connectivity index (χ0v) is 8.27. The highest BCUT2D eigenvalue weighted by Gasteiger charge is 2.10. The van der Waals surface area contributed by atoms with Gasteiger partial charge in [0, 0.05) is 30.4 Å². The first-order chi connectivity index (χ1) is 6.36. The van der Waals surface area contributed by atoms with E-state index in [0.29, 0.717) is 0 Å². The standard InChI is InChI=1S/C8H7BrN4/c9-7-3-12-8(13-4-7)6-1-10-5-11-2-6/h1-5,8,12H. The summed E-state index contributed by atoms with van der Waals surface area (Å²) in [5.41, 5.74) is 0.954. The zero-order valence-electron chi connectivity index (χ0n) is 6.68. The molecule has 1 aliphatic heterocycles. The maximum absolute atomic E-state index is 4.25. The number of aliphatic imine (C=N–C) groups is 1. The molecule has 13 heavy (non-hydrogen) atoms. The molecule has 4 nitrogen and oxygen atoms in total. The molecule has 2 rings (SSSR count). The van der Waals surface area contributed by atoms with Gasteiger partial charge in [-0.1, -0.05) is 0 Å². The van der Waals surface area contributed by atoms with Crippen LogP contribution in [-0.4, -0.2) is 16.2 Å². The Morgan fingerprint density at radius 1 is 1.31 bits per heavy atom. The molecule has 66 valence electrons. The van der Waals surface area contributed by atoms with E-state index in [0.717, 1.165) is 10.0 Å². The van der Waals surface area contributed by atoms with Gasteiger partial charge in [-0.2, -0.15) is 0 Å².